The fourth-order valence-electron chi connectivity index (χ4n) is 2.25. The lowest BCUT2D eigenvalue weighted by atomic mass is 10.2. The molecule has 124 valence electrons. The molecule has 0 heterocycles. The predicted octanol–water partition coefficient (Wildman–Crippen LogP) is 1.71. The Balaban J connectivity index is 2.18. The molecule has 0 saturated heterocycles. The number of methoxy groups -OCH3 is 1. The molecule has 0 amide bonds. The minimum absolute atomic E-state index is 0.247. The van der Waals surface area contributed by atoms with Gasteiger partial charge in [0.05, 0.1) is 6.61 Å². The van der Waals surface area contributed by atoms with E-state index in [1.54, 1.807) is 14.2 Å². The quantitative estimate of drug-likeness (QED) is 0.414. The van der Waals surface area contributed by atoms with Crippen LogP contribution in [-0.2, 0) is 11.3 Å². The maximum Gasteiger partial charge on any atom is 0.191 e. The van der Waals surface area contributed by atoms with Crippen molar-refractivity contribution in [2.75, 3.05) is 40.9 Å². The van der Waals surface area contributed by atoms with Crippen molar-refractivity contribution >= 4 is 5.96 Å². The van der Waals surface area contributed by atoms with E-state index >= 15 is 0 Å². The number of guanidine groups is 1. The molecule has 0 aliphatic heterocycles. The van der Waals surface area contributed by atoms with Gasteiger partial charge < -0.3 is 20.3 Å². The number of hydrogen-bond acceptors (Lipinski definition) is 3. The Hall–Kier alpha value is -1.59. The van der Waals surface area contributed by atoms with E-state index in [0.29, 0.717) is 6.61 Å². The minimum Gasteiger partial charge on any atom is -0.383 e. The summed E-state index contributed by atoms with van der Waals surface area (Å²) in [6.07, 6.45) is 1.07. The normalized spacial score (nSPS) is 13.2. The molecule has 0 aromatic heterocycles. The van der Waals surface area contributed by atoms with Crippen molar-refractivity contribution in [3.8, 4) is 0 Å². The van der Waals surface area contributed by atoms with Crippen LogP contribution in [0.3, 0.4) is 0 Å². The van der Waals surface area contributed by atoms with Crippen molar-refractivity contribution in [3.05, 3.63) is 35.9 Å². The number of nitrogens with zero attached hydrogens (tertiary/aromatic N) is 2. The summed E-state index contributed by atoms with van der Waals surface area (Å²) in [5, 5.41) is 6.63. The molecule has 1 aromatic rings. The van der Waals surface area contributed by atoms with Crippen LogP contribution in [0, 0.1) is 0 Å². The molecule has 0 saturated carbocycles. The third-order valence-corrected chi connectivity index (χ3v) is 3.33. The highest BCUT2D eigenvalue weighted by Crippen LogP contribution is 2.02. The first-order chi connectivity index (χ1) is 10.7. The van der Waals surface area contributed by atoms with Crippen molar-refractivity contribution < 1.29 is 4.74 Å². The molecule has 22 heavy (non-hydrogen) atoms. The Morgan fingerprint density at radius 1 is 1.32 bits per heavy atom. The second kappa shape index (κ2) is 11.0. The summed E-state index contributed by atoms with van der Waals surface area (Å²) in [4.78, 5) is 6.55. The van der Waals surface area contributed by atoms with Crippen LogP contribution in [0.25, 0.3) is 0 Å². The molecule has 0 fully saturated rings. The van der Waals surface area contributed by atoms with E-state index in [0.717, 1.165) is 32.0 Å². The van der Waals surface area contributed by atoms with E-state index in [2.05, 4.69) is 64.8 Å². The maximum absolute atomic E-state index is 5.11. The van der Waals surface area contributed by atoms with Gasteiger partial charge in [0.15, 0.2) is 5.96 Å². The Bertz CT molecular complexity index is 422. The molecule has 1 unspecified atom stereocenters. The summed E-state index contributed by atoms with van der Waals surface area (Å²) in [6.45, 7) is 5.67. The summed E-state index contributed by atoms with van der Waals surface area (Å²) in [5.41, 5.74) is 1.35. The third kappa shape index (κ3) is 8.00. The molecular weight excluding hydrogens is 276 g/mol. The average Bonchev–Trinajstić information content (AvgIpc) is 2.51. The van der Waals surface area contributed by atoms with Crippen molar-refractivity contribution in [3.63, 3.8) is 0 Å². The third-order valence-electron chi connectivity index (χ3n) is 3.33. The van der Waals surface area contributed by atoms with Crippen LogP contribution in [0.4, 0.5) is 0 Å². The zero-order chi connectivity index (χ0) is 16.2. The van der Waals surface area contributed by atoms with Gasteiger partial charge in [0, 0.05) is 33.3 Å². The van der Waals surface area contributed by atoms with E-state index in [1.807, 2.05) is 0 Å². The summed E-state index contributed by atoms with van der Waals surface area (Å²) in [6, 6.07) is 10.8. The Labute approximate surface area is 134 Å². The van der Waals surface area contributed by atoms with Gasteiger partial charge in [-0.05, 0) is 32.5 Å². The standard InChI is InChI=1S/C17H30N4O/c1-15(14-22-4)20-17(18-2)19-11-8-12-21(3)13-16-9-6-5-7-10-16/h5-7,9-10,15H,8,11-14H2,1-4H3,(H2,18,19,20). The lowest BCUT2D eigenvalue weighted by Crippen LogP contribution is -2.44. The van der Waals surface area contributed by atoms with Gasteiger partial charge >= 0.3 is 0 Å². The lowest BCUT2D eigenvalue weighted by Gasteiger charge is -2.19. The van der Waals surface area contributed by atoms with Crippen LogP contribution in [0.5, 0.6) is 0 Å². The van der Waals surface area contributed by atoms with Gasteiger partial charge in [-0.15, -0.1) is 0 Å². The largest absolute Gasteiger partial charge is 0.383 e. The minimum atomic E-state index is 0.247. The van der Waals surface area contributed by atoms with Crippen LogP contribution in [0.1, 0.15) is 18.9 Å². The molecule has 2 N–H and O–H groups in total. The van der Waals surface area contributed by atoms with Crippen LogP contribution in [-0.4, -0.2) is 57.8 Å². The fourth-order valence-corrected chi connectivity index (χ4v) is 2.25. The highest BCUT2D eigenvalue weighted by atomic mass is 16.5. The molecule has 1 rings (SSSR count). The van der Waals surface area contributed by atoms with Crippen LogP contribution >= 0.6 is 0 Å². The smallest absolute Gasteiger partial charge is 0.191 e. The summed E-state index contributed by atoms with van der Waals surface area (Å²) in [7, 11) is 5.65. The first-order valence-electron chi connectivity index (χ1n) is 7.84. The Kier molecular flexibility index (Phi) is 9.26. The molecule has 0 aliphatic rings. The van der Waals surface area contributed by atoms with Gasteiger partial charge in [0.2, 0.25) is 0 Å². The first-order valence-corrected chi connectivity index (χ1v) is 7.84. The lowest BCUT2D eigenvalue weighted by molar-refractivity contribution is 0.179. The highest BCUT2D eigenvalue weighted by Gasteiger charge is 2.04. The van der Waals surface area contributed by atoms with Crippen LogP contribution in [0.15, 0.2) is 35.3 Å². The maximum atomic E-state index is 5.11. The van der Waals surface area contributed by atoms with Crippen LogP contribution in [0.2, 0.25) is 0 Å². The first kappa shape index (κ1) is 18.5. The van der Waals surface area contributed by atoms with E-state index in [4.69, 9.17) is 4.74 Å². The molecular formula is C17H30N4O. The van der Waals surface area contributed by atoms with Crippen molar-refractivity contribution in [1.82, 2.24) is 15.5 Å². The number of rotatable bonds is 9. The van der Waals surface area contributed by atoms with Crippen molar-refractivity contribution in [2.45, 2.75) is 25.9 Å². The predicted molar refractivity (Wildman–Crippen MR) is 93.2 cm³/mol. The molecule has 1 atom stereocenters. The van der Waals surface area contributed by atoms with Gasteiger partial charge in [-0.25, -0.2) is 0 Å². The molecule has 0 aliphatic carbocycles. The van der Waals surface area contributed by atoms with Gasteiger partial charge in [0.25, 0.3) is 0 Å². The molecule has 0 spiro atoms. The van der Waals surface area contributed by atoms with Crippen LogP contribution < -0.4 is 10.6 Å². The number of aliphatic imine (C=N–C) groups is 1. The van der Waals surface area contributed by atoms with E-state index in [-0.39, 0.29) is 6.04 Å². The molecule has 1 aromatic carbocycles. The Morgan fingerprint density at radius 2 is 2.05 bits per heavy atom. The van der Waals surface area contributed by atoms with Crippen molar-refractivity contribution in [2.24, 2.45) is 4.99 Å². The molecule has 0 radical (unpaired) electrons. The second-order valence-corrected chi connectivity index (χ2v) is 5.58. The molecule has 5 heteroatoms. The number of benzene rings is 1. The zero-order valence-corrected chi connectivity index (χ0v) is 14.3. The second-order valence-electron chi connectivity index (χ2n) is 5.58. The van der Waals surface area contributed by atoms with Gasteiger partial charge in [0.1, 0.15) is 0 Å². The van der Waals surface area contributed by atoms with Crippen molar-refractivity contribution in [1.29, 1.82) is 0 Å². The fraction of sp³-hybridized carbons (Fsp3) is 0.588. The number of ether oxygens (including phenoxy) is 1. The topological polar surface area (TPSA) is 48.9 Å². The van der Waals surface area contributed by atoms with Gasteiger partial charge in [-0.1, -0.05) is 30.3 Å². The van der Waals surface area contributed by atoms with Gasteiger partial charge in [-0.3, -0.25) is 4.99 Å². The monoisotopic (exact) mass is 306 g/mol. The molecule has 0 bridgehead atoms. The van der Waals surface area contributed by atoms with E-state index in [9.17, 15) is 0 Å². The Morgan fingerprint density at radius 3 is 2.68 bits per heavy atom. The average molecular weight is 306 g/mol. The summed E-state index contributed by atoms with van der Waals surface area (Å²) < 4.78 is 5.11. The SMILES string of the molecule is CN=C(NCCCN(C)Cc1ccccc1)NC(C)COC. The number of nitrogens with one attached hydrogen (secondary N) is 2. The van der Waals surface area contributed by atoms with Gasteiger partial charge in [-0.2, -0.15) is 0 Å². The highest BCUT2D eigenvalue weighted by molar-refractivity contribution is 5.79. The summed E-state index contributed by atoms with van der Waals surface area (Å²) in [5.74, 6) is 0.829. The molecule has 5 nitrogen and oxygen atoms in total. The summed E-state index contributed by atoms with van der Waals surface area (Å²) >= 11 is 0. The number of hydrogen-bond donors (Lipinski definition) is 2. The van der Waals surface area contributed by atoms with E-state index < -0.39 is 0 Å². The zero-order valence-electron chi connectivity index (χ0n) is 14.3. The van der Waals surface area contributed by atoms with E-state index in [1.165, 1.54) is 5.56 Å².